The zero-order chi connectivity index (χ0) is 10.8. The van der Waals surface area contributed by atoms with E-state index in [1.54, 1.807) is 17.4 Å². The summed E-state index contributed by atoms with van der Waals surface area (Å²) in [5.41, 5.74) is 6.82. The molecular weight excluding hydrogens is 277 g/mol. The van der Waals surface area contributed by atoms with Gasteiger partial charge < -0.3 is 5.73 Å². The van der Waals surface area contributed by atoms with Crippen molar-refractivity contribution in [3.8, 4) is 0 Å². The van der Waals surface area contributed by atoms with E-state index in [1.807, 2.05) is 17.5 Å². The molecule has 1 aromatic carbocycles. The summed E-state index contributed by atoms with van der Waals surface area (Å²) in [5.74, 6) is -0.264. The number of hydrogen-bond acceptors (Lipinski definition) is 2. The van der Waals surface area contributed by atoms with Crippen molar-refractivity contribution in [1.29, 1.82) is 0 Å². The fourth-order valence-corrected chi connectivity index (χ4v) is 2.61. The van der Waals surface area contributed by atoms with Crippen LogP contribution in [0.1, 0.15) is 16.5 Å². The van der Waals surface area contributed by atoms with Crippen LogP contribution in [0, 0.1) is 5.82 Å². The van der Waals surface area contributed by atoms with Crippen LogP contribution in [-0.2, 0) is 0 Å². The fourth-order valence-electron chi connectivity index (χ4n) is 1.37. The molecule has 0 radical (unpaired) electrons. The second-order valence-corrected chi connectivity index (χ2v) is 4.99. The van der Waals surface area contributed by atoms with E-state index < -0.39 is 0 Å². The van der Waals surface area contributed by atoms with Gasteiger partial charge in [0.2, 0.25) is 0 Å². The van der Waals surface area contributed by atoms with Crippen molar-refractivity contribution in [2.75, 3.05) is 0 Å². The highest BCUT2D eigenvalue weighted by atomic mass is 79.9. The molecule has 0 spiro atoms. The molecule has 78 valence electrons. The van der Waals surface area contributed by atoms with Crippen LogP contribution in [0.3, 0.4) is 0 Å². The second kappa shape index (κ2) is 4.43. The maximum atomic E-state index is 13.1. The number of rotatable bonds is 2. The summed E-state index contributed by atoms with van der Waals surface area (Å²) >= 11 is 4.95. The van der Waals surface area contributed by atoms with Gasteiger partial charge in [0, 0.05) is 9.35 Å². The molecule has 15 heavy (non-hydrogen) atoms. The number of nitrogens with two attached hydrogens (primary N) is 1. The summed E-state index contributed by atoms with van der Waals surface area (Å²) in [6.45, 7) is 0. The first-order valence-electron chi connectivity index (χ1n) is 4.42. The lowest BCUT2D eigenvalue weighted by atomic mass is 10.1. The van der Waals surface area contributed by atoms with Gasteiger partial charge in [-0.2, -0.15) is 0 Å². The molecule has 4 heteroatoms. The van der Waals surface area contributed by atoms with E-state index in [4.69, 9.17) is 5.73 Å². The lowest BCUT2D eigenvalue weighted by molar-refractivity contribution is 0.623. The monoisotopic (exact) mass is 285 g/mol. The van der Waals surface area contributed by atoms with Gasteiger partial charge in [-0.15, -0.1) is 11.3 Å². The van der Waals surface area contributed by atoms with E-state index >= 15 is 0 Å². The normalized spacial score (nSPS) is 12.7. The molecule has 1 nitrogen and oxygen atoms in total. The molecule has 0 aliphatic rings. The Morgan fingerprint density at radius 3 is 2.80 bits per heavy atom. The first kappa shape index (κ1) is 10.8. The maximum absolute atomic E-state index is 13.1. The predicted molar refractivity (Wildman–Crippen MR) is 64.4 cm³/mol. The summed E-state index contributed by atoms with van der Waals surface area (Å²) in [5, 5.41) is 1.96. The Morgan fingerprint density at radius 1 is 1.33 bits per heavy atom. The van der Waals surface area contributed by atoms with Crippen LogP contribution in [0.5, 0.6) is 0 Å². The molecular formula is C11H9BrFNS. The number of benzene rings is 1. The third-order valence-corrected chi connectivity index (χ3v) is 3.82. The Balaban J connectivity index is 2.41. The average molecular weight is 286 g/mol. The van der Waals surface area contributed by atoms with E-state index in [0.29, 0.717) is 0 Å². The lowest BCUT2D eigenvalue weighted by Gasteiger charge is -2.12. The van der Waals surface area contributed by atoms with Gasteiger partial charge in [-0.05, 0) is 35.2 Å². The Hall–Kier alpha value is -0.710. The largest absolute Gasteiger partial charge is 0.320 e. The van der Waals surface area contributed by atoms with Gasteiger partial charge in [-0.1, -0.05) is 22.0 Å². The highest BCUT2D eigenvalue weighted by molar-refractivity contribution is 9.10. The fraction of sp³-hybridized carbons (Fsp3) is 0.0909. The van der Waals surface area contributed by atoms with Gasteiger partial charge in [0.25, 0.3) is 0 Å². The second-order valence-electron chi connectivity index (χ2n) is 3.16. The molecule has 0 unspecified atom stereocenters. The Kier molecular flexibility index (Phi) is 3.19. The van der Waals surface area contributed by atoms with Gasteiger partial charge in [-0.3, -0.25) is 0 Å². The van der Waals surface area contributed by atoms with Crippen LogP contribution < -0.4 is 5.73 Å². The van der Waals surface area contributed by atoms with Gasteiger partial charge in [0.15, 0.2) is 0 Å². The molecule has 1 heterocycles. The molecule has 0 aliphatic carbocycles. The van der Waals surface area contributed by atoms with Crippen LogP contribution in [0.4, 0.5) is 4.39 Å². The minimum atomic E-state index is -0.268. The first-order chi connectivity index (χ1) is 7.18. The SMILES string of the molecule is N[C@H](c1cccs1)c1cc(F)ccc1Br. The minimum absolute atomic E-state index is 0.264. The molecule has 0 bridgehead atoms. The zero-order valence-electron chi connectivity index (χ0n) is 7.78. The van der Waals surface area contributed by atoms with Crippen molar-refractivity contribution in [1.82, 2.24) is 0 Å². The highest BCUT2D eigenvalue weighted by Crippen LogP contribution is 2.29. The van der Waals surface area contributed by atoms with E-state index in [0.717, 1.165) is 14.9 Å². The van der Waals surface area contributed by atoms with E-state index in [-0.39, 0.29) is 11.9 Å². The van der Waals surface area contributed by atoms with Crippen molar-refractivity contribution in [3.63, 3.8) is 0 Å². The van der Waals surface area contributed by atoms with Crippen molar-refractivity contribution in [3.05, 3.63) is 56.4 Å². The molecule has 2 aromatic rings. The first-order valence-corrected chi connectivity index (χ1v) is 6.09. The highest BCUT2D eigenvalue weighted by Gasteiger charge is 2.13. The number of thiophene rings is 1. The maximum Gasteiger partial charge on any atom is 0.123 e. The van der Waals surface area contributed by atoms with E-state index in [1.165, 1.54) is 12.1 Å². The number of hydrogen-bond donors (Lipinski definition) is 1. The summed E-state index contributed by atoms with van der Waals surface area (Å²) in [6, 6.07) is 8.18. The molecule has 0 amide bonds. The van der Waals surface area contributed by atoms with E-state index in [9.17, 15) is 4.39 Å². The van der Waals surface area contributed by atoms with E-state index in [2.05, 4.69) is 15.9 Å². The smallest absolute Gasteiger partial charge is 0.123 e. The summed E-state index contributed by atoms with van der Waals surface area (Å²) in [7, 11) is 0. The van der Waals surface area contributed by atoms with Crippen LogP contribution in [0.15, 0.2) is 40.2 Å². The van der Waals surface area contributed by atoms with Gasteiger partial charge >= 0.3 is 0 Å². The number of halogens is 2. The molecule has 2 rings (SSSR count). The topological polar surface area (TPSA) is 26.0 Å². The van der Waals surface area contributed by atoms with Gasteiger partial charge in [-0.25, -0.2) is 4.39 Å². The van der Waals surface area contributed by atoms with Crippen molar-refractivity contribution in [2.45, 2.75) is 6.04 Å². The Labute approximate surface area is 99.9 Å². The zero-order valence-corrected chi connectivity index (χ0v) is 10.2. The van der Waals surface area contributed by atoms with Crippen LogP contribution in [0.25, 0.3) is 0 Å². The standard InChI is InChI=1S/C11H9BrFNS/c12-9-4-3-7(13)6-8(9)11(14)10-2-1-5-15-10/h1-6,11H,14H2/t11-/m0/s1. The van der Waals surface area contributed by atoms with Crippen molar-refractivity contribution < 1.29 is 4.39 Å². The quantitative estimate of drug-likeness (QED) is 0.895. The molecule has 0 aliphatic heterocycles. The van der Waals surface area contributed by atoms with Crippen LogP contribution >= 0.6 is 27.3 Å². The molecule has 0 saturated carbocycles. The summed E-state index contributed by atoms with van der Waals surface area (Å²) in [4.78, 5) is 1.03. The average Bonchev–Trinajstić information content (AvgIpc) is 2.74. The minimum Gasteiger partial charge on any atom is -0.320 e. The van der Waals surface area contributed by atoms with Crippen LogP contribution in [-0.4, -0.2) is 0 Å². The van der Waals surface area contributed by atoms with Crippen LogP contribution in [0.2, 0.25) is 0 Å². The van der Waals surface area contributed by atoms with Gasteiger partial charge in [0.05, 0.1) is 6.04 Å². The third kappa shape index (κ3) is 2.27. The summed E-state index contributed by atoms with van der Waals surface area (Å²) < 4.78 is 13.9. The Morgan fingerprint density at radius 2 is 2.13 bits per heavy atom. The lowest BCUT2D eigenvalue weighted by Crippen LogP contribution is -2.11. The Bertz CT molecular complexity index is 456. The molecule has 1 atom stereocenters. The van der Waals surface area contributed by atoms with Crippen molar-refractivity contribution >= 4 is 27.3 Å². The molecule has 2 N–H and O–H groups in total. The predicted octanol–water partition coefficient (Wildman–Crippen LogP) is 3.70. The molecule has 0 fully saturated rings. The van der Waals surface area contributed by atoms with Crippen molar-refractivity contribution in [2.24, 2.45) is 5.73 Å². The molecule has 1 aromatic heterocycles. The molecule has 0 saturated heterocycles. The van der Waals surface area contributed by atoms with Gasteiger partial charge in [0.1, 0.15) is 5.82 Å². The third-order valence-electron chi connectivity index (χ3n) is 2.14. The summed E-state index contributed by atoms with van der Waals surface area (Å²) in [6.07, 6.45) is 0.